The van der Waals surface area contributed by atoms with Crippen LogP contribution < -0.4 is 10.6 Å². The second kappa shape index (κ2) is 6.93. The lowest BCUT2D eigenvalue weighted by Crippen LogP contribution is -2.48. The van der Waals surface area contributed by atoms with E-state index in [-0.39, 0.29) is 18.1 Å². The average Bonchev–Trinajstić information content (AvgIpc) is 2.98. The average molecular weight is 310 g/mol. The van der Waals surface area contributed by atoms with Gasteiger partial charge in [-0.3, -0.25) is 4.79 Å². The topological polar surface area (TPSA) is 78.4 Å². The lowest BCUT2D eigenvalue weighted by molar-refractivity contribution is -0.142. The summed E-state index contributed by atoms with van der Waals surface area (Å²) in [6, 6.07) is 3.65. The van der Waals surface area contributed by atoms with Gasteiger partial charge in [0.15, 0.2) is 0 Å². The zero-order chi connectivity index (χ0) is 15.4. The molecule has 21 heavy (non-hydrogen) atoms. The lowest BCUT2D eigenvalue weighted by Gasteiger charge is -2.20. The number of rotatable bonds is 5. The quantitative estimate of drug-likeness (QED) is 0.782. The number of urea groups is 1. The number of carboxylic acids is 1. The van der Waals surface area contributed by atoms with E-state index in [2.05, 4.69) is 29.7 Å². The zero-order valence-electron chi connectivity index (χ0n) is 12.4. The van der Waals surface area contributed by atoms with Crippen LogP contribution in [0.25, 0.3) is 0 Å². The molecular formula is C15H22N2O3S. The normalized spacial score (nSPS) is 22.8. The summed E-state index contributed by atoms with van der Waals surface area (Å²) in [6.45, 7) is 4.02. The van der Waals surface area contributed by atoms with Gasteiger partial charge in [0.1, 0.15) is 0 Å². The molecule has 1 aromatic heterocycles. The van der Waals surface area contributed by atoms with Crippen LogP contribution in [0.4, 0.5) is 4.79 Å². The number of aliphatic carboxylic acids is 1. The maximum Gasteiger partial charge on any atom is 0.315 e. The third kappa shape index (κ3) is 4.46. The number of hydrogen-bond acceptors (Lipinski definition) is 3. The van der Waals surface area contributed by atoms with Crippen LogP contribution in [0.1, 0.15) is 35.9 Å². The minimum atomic E-state index is -0.820. The molecule has 2 rings (SSSR count). The van der Waals surface area contributed by atoms with Crippen LogP contribution in [0.2, 0.25) is 0 Å². The lowest BCUT2D eigenvalue weighted by atomic mass is 10.0. The van der Waals surface area contributed by atoms with Crippen molar-refractivity contribution in [2.45, 2.75) is 51.6 Å². The van der Waals surface area contributed by atoms with Gasteiger partial charge in [0.05, 0.1) is 5.92 Å². The predicted molar refractivity (Wildman–Crippen MR) is 82.7 cm³/mol. The van der Waals surface area contributed by atoms with Gasteiger partial charge in [-0.25, -0.2) is 4.79 Å². The Kier molecular flexibility index (Phi) is 5.22. The van der Waals surface area contributed by atoms with Crippen molar-refractivity contribution in [3.63, 3.8) is 0 Å². The molecule has 0 aromatic carbocycles. The number of carbonyl (C=O) groups is 2. The fourth-order valence-corrected chi connectivity index (χ4v) is 3.83. The molecule has 0 bridgehead atoms. The molecule has 6 heteroatoms. The summed E-state index contributed by atoms with van der Waals surface area (Å²) in [5, 5.41) is 14.8. The van der Waals surface area contributed by atoms with Crippen LogP contribution in [0.15, 0.2) is 12.1 Å². The van der Waals surface area contributed by atoms with Crippen molar-refractivity contribution < 1.29 is 14.7 Å². The molecule has 1 aliphatic carbocycles. The first kappa shape index (κ1) is 15.8. The minimum absolute atomic E-state index is 0.0210. The molecule has 1 aliphatic rings. The summed E-state index contributed by atoms with van der Waals surface area (Å²) in [7, 11) is 0. The van der Waals surface area contributed by atoms with Crippen molar-refractivity contribution in [1.82, 2.24) is 10.6 Å². The van der Waals surface area contributed by atoms with Crippen LogP contribution in [-0.4, -0.2) is 29.2 Å². The zero-order valence-corrected chi connectivity index (χ0v) is 13.2. The van der Waals surface area contributed by atoms with Gasteiger partial charge < -0.3 is 15.7 Å². The monoisotopic (exact) mass is 310 g/mol. The summed E-state index contributed by atoms with van der Waals surface area (Å²) >= 11 is 1.73. The molecule has 0 spiro atoms. The van der Waals surface area contributed by atoms with Crippen LogP contribution >= 0.6 is 11.3 Å². The molecule has 0 aliphatic heterocycles. The van der Waals surface area contributed by atoms with Crippen LogP contribution in [0.3, 0.4) is 0 Å². The molecule has 5 nitrogen and oxygen atoms in total. The Morgan fingerprint density at radius 2 is 2.19 bits per heavy atom. The van der Waals surface area contributed by atoms with Gasteiger partial charge in [0, 0.05) is 28.3 Å². The third-order valence-corrected chi connectivity index (χ3v) is 4.85. The second-order valence-electron chi connectivity index (χ2n) is 5.72. The van der Waals surface area contributed by atoms with Crippen molar-refractivity contribution in [2.24, 2.45) is 5.92 Å². The standard InChI is InChI=1S/C15H22N2O3S/c1-9(8-11-7-6-10(2)21-11)16-15(20)17-13-5-3-4-12(13)14(18)19/h6-7,9,12-13H,3-5,8H2,1-2H3,(H,18,19)(H2,16,17,20). The molecule has 0 radical (unpaired) electrons. The maximum absolute atomic E-state index is 12.0. The van der Waals surface area contributed by atoms with Crippen molar-refractivity contribution >= 4 is 23.3 Å². The Balaban J connectivity index is 1.79. The van der Waals surface area contributed by atoms with E-state index in [9.17, 15) is 9.59 Å². The van der Waals surface area contributed by atoms with Gasteiger partial charge >= 0.3 is 12.0 Å². The Hall–Kier alpha value is -1.56. The first-order valence-corrected chi connectivity index (χ1v) is 8.12. The van der Waals surface area contributed by atoms with Crippen molar-refractivity contribution in [2.75, 3.05) is 0 Å². The van der Waals surface area contributed by atoms with Crippen LogP contribution in [-0.2, 0) is 11.2 Å². The van der Waals surface area contributed by atoms with E-state index < -0.39 is 11.9 Å². The number of thiophene rings is 1. The Labute approximate surface area is 128 Å². The maximum atomic E-state index is 12.0. The fourth-order valence-electron chi connectivity index (χ4n) is 2.81. The van der Waals surface area contributed by atoms with Crippen LogP contribution in [0.5, 0.6) is 0 Å². The number of nitrogens with one attached hydrogen (secondary N) is 2. The summed E-state index contributed by atoms with van der Waals surface area (Å²) in [6.07, 6.45) is 3.03. The molecule has 3 atom stereocenters. The molecule has 1 aromatic rings. The number of hydrogen-bond donors (Lipinski definition) is 3. The van der Waals surface area contributed by atoms with Gasteiger partial charge in [-0.05, 0) is 38.8 Å². The van der Waals surface area contributed by atoms with Gasteiger partial charge in [-0.2, -0.15) is 0 Å². The van der Waals surface area contributed by atoms with E-state index in [1.54, 1.807) is 11.3 Å². The summed E-state index contributed by atoms with van der Waals surface area (Å²) in [5.41, 5.74) is 0. The van der Waals surface area contributed by atoms with Gasteiger partial charge in [-0.15, -0.1) is 11.3 Å². The highest BCUT2D eigenvalue weighted by atomic mass is 32.1. The first-order valence-electron chi connectivity index (χ1n) is 7.31. The van der Waals surface area contributed by atoms with Gasteiger partial charge in [0.25, 0.3) is 0 Å². The predicted octanol–water partition coefficient (Wildman–Crippen LogP) is 2.54. The smallest absolute Gasteiger partial charge is 0.315 e. The largest absolute Gasteiger partial charge is 0.481 e. The molecule has 116 valence electrons. The summed E-state index contributed by atoms with van der Waals surface area (Å²) < 4.78 is 0. The Bertz CT molecular complexity index is 515. The Morgan fingerprint density at radius 1 is 1.43 bits per heavy atom. The van der Waals surface area contributed by atoms with E-state index in [4.69, 9.17) is 5.11 Å². The minimum Gasteiger partial charge on any atom is -0.481 e. The fraction of sp³-hybridized carbons (Fsp3) is 0.600. The molecule has 2 amide bonds. The highest BCUT2D eigenvalue weighted by Gasteiger charge is 2.33. The summed E-state index contributed by atoms with van der Waals surface area (Å²) in [5.74, 6) is -1.27. The number of carbonyl (C=O) groups excluding carboxylic acids is 1. The van der Waals surface area contributed by atoms with Gasteiger partial charge in [0.2, 0.25) is 0 Å². The molecule has 3 unspecified atom stereocenters. The molecule has 0 saturated heterocycles. The van der Waals surface area contributed by atoms with Crippen LogP contribution in [0, 0.1) is 12.8 Å². The second-order valence-corrected chi connectivity index (χ2v) is 7.09. The highest BCUT2D eigenvalue weighted by molar-refractivity contribution is 7.11. The van der Waals surface area contributed by atoms with E-state index in [0.29, 0.717) is 6.42 Å². The van der Waals surface area contributed by atoms with Crippen molar-refractivity contribution in [1.29, 1.82) is 0 Å². The molecule has 1 saturated carbocycles. The summed E-state index contributed by atoms with van der Waals surface area (Å²) in [4.78, 5) is 25.6. The SMILES string of the molecule is Cc1ccc(CC(C)NC(=O)NC2CCCC2C(=O)O)s1. The highest BCUT2D eigenvalue weighted by Crippen LogP contribution is 2.25. The molecule has 1 fully saturated rings. The number of aryl methyl sites for hydroxylation is 1. The first-order chi connectivity index (χ1) is 9.95. The van der Waals surface area contributed by atoms with Crippen molar-refractivity contribution in [3.8, 4) is 0 Å². The molecular weight excluding hydrogens is 288 g/mol. The van der Waals surface area contributed by atoms with E-state index in [0.717, 1.165) is 19.3 Å². The van der Waals surface area contributed by atoms with E-state index in [1.807, 2.05) is 6.92 Å². The van der Waals surface area contributed by atoms with Crippen molar-refractivity contribution in [3.05, 3.63) is 21.9 Å². The third-order valence-electron chi connectivity index (χ3n) is 3.83. The van der Waals surface area contributed by atoms with Gasteiger partial charge in [-0.1, -0.05) is 6.42 Å². The number of carboxylic acid groups (broad SMARTS) is 1. The van der Waals surface area contributed by atoms with E-state index in [1.165, 1.54) is 9.75 Å². The Morgan fingerprint density at radius 3 is 2.81 bits per heavy atom. The molecule has 1 heterocycles. The molecule has 3 N–H and O–H groups in total. The number of amides is 2. The van der Waals surface area contributed by atoms with E-state index >= 15 is 0 Å².